The molecule has 1 fully saturated rings. The maximum atomic E-state index is 12.3. The van der Waals surface area contributed by atoms with Crippen LogP contribution in [0.25, 0.3) is 0 Å². The Kier molecular flexibility index (Phi) is 6.87. The molecule has 3 nitrogen and oxygen atoms in total. The van der Waals surface area contributed by atoms with E-state index in [4.69, 9.17) is 0 Å². The van der Waals surface area contributed by atoms with E-state index >= 15 is 0 Å². The minimum Gasteiger partial charge on any atom is -0.395 e. The predicted molar refractivity (Wildman–Crippen MR) is 88.6 cm³/mol. The lowest BCUT2D eigenvalue weighted by molar-refractivity contribution is 0.0903. The van der Waals surface area contributed by atoms with Gasteiger partial charge in [0.05, 0.1) is 6.61 Å². The Hall–Kier alpha value is -0.710. The van der Waals surface area contributed by atoms with Crippen molar-refractivity contribution in [2.45, 2.75) is 44.6 Å². The van der Waals surface area contributed by atoms with Gasteiger partial charge in [0.2, 0.25) is 0 Å². The van der Waals surface area contributed by atoms with E-state index in [0.717, 1.165) is 16.6 Å². The van der Waals surface area contributed by atoms with Crippen molar-refractivity contribution >= 4 is 21.7 Å². The van der Waals surface area contributed by atoms with Gasteiger partial charge in [-0.25, -0.2) is 0 Å². The smallest absolute Gasteiger partial charge is 0.164 e. The van der Waals surface area contributed by atoms with Crippen LogP contribution < -0.4 is 0 Å². The zero-order valence-corrected chi connectivity index (χ0v) is 14.0. The maximum absolute atomic E-state index is 12.3. The molecule has 1 N–H and O–H groups in total. The number of carbonyl (C=O) groups excluding carboxylic acids is 1. The fourth-order valence-corrected chi connectivity index (χ4v) is 3.50. The number of benzene rings is 1. The second-order valence-corrected chi connectivity index (χ2v) is 6.65. The molecule has 1 aliphatic rings. The summed E-state index contributed by atoms with van der Waals surface area (Å²) in [6.07, 6.45) is 6.78. The molecule has 0 atom stereocenters. The maximum Gasteiger partial charge on any atom is 0.164 e. The fraction of sp³-hybridized carbons (Fsp3) is 0.588. The van der Waals surface area contributed by atoms with Crippen molar-refractivity contribution < 1.29 is 9.90 Å². The summed E-state index contributed by atoms with van der Waals surface area (Å²) in [5.74, 6) is 0.176. The van der Waals surface area contributed by atoms with Gasteiger partial charge in [0.25, 0.3) is 0 Å². The number of hydrogen-bond donors (Lipinski definition) is 1. The van der Waals surface area contributed by atoms with E-state index in [1.54, 1.807) is 0 Å². The monoisotopic (exact) mass is 353 g/mol. The number of ketones is 1. The Labute approximate surface area is 135 Å². The molecule has 4 heteroatoms. The van der Waals surface area contributed by atoms with Crippen LogP contribution in [-0.2, 0) is 0 Å². The summed E-state index contributed by atoms with van der Waals surface area (Å²) in [5.41, 5.74) is 0.761. The molecule has 21 heavy (non-hydrogen) atoms. The van der Waals surface area contributed by atoms with Crippen molar-refractivity contribution in [3.8, 4) is 0 Å². The molecule has 0 heterocycles. The number of aliphatic hydroxyl groups excluding tert-OH is 1. The Bertz CT molecular complexity index is 458. The number of carbonyl (C=O) groups is 1. The quantitative estimate of drug-likeness (QED) is 0.760. The van der Waals surface area contributed by atoms with Crippen molar-refractivity contribution in [2.24, 2.45) is 0 Å². The molecule has 1 aliphatic carbocycles. The first-order valence-corrected chi connectivity index (χ1v) is 8.63. The average molecular weight is 354 g/mol. The summed E-state index contributed by atoms with van der Waals surface area (Å²) < 4.78 is 0.938. The molecule has 0 unspecified atom stereocenters. The van der Waals surface area contributed by atoms with Crippen molar-refractivity contribution in [3.63, 3.8) is 0 Å². The molecule has 116 valence electrons. The van der Waals surface area contributed by atoms with Crippen LogP contribution in [0.5, 0.6) is 0 Å². The lowest BCUT2D eigenvalue weighted by Gasteiger charge is -2.33. The Morgan fingerprint density at radius 1 is 1.24 bits per heavy atom. The van der Waals surface area contributed by atoms with E-state index in [9.17, 15) is 9.90 Å². The summed E-state index contributed by atoms with van der Waals surface area (Å²) in [6, 6.07) is 8.10. The predicted octanol–water partition coefficient (Wildman–Crippen LogP) is 3.65. The molecular formula is C17H24BrNO2. The van der Waals surface area contributed by atoms with Crippen molar-refractivity contribution in [1.82, 2.24) is 4.90 Å². The van der Waals surface area contributed by atoms with Gasteiger partial charge < -0.3 is 5.11 Å². The summed E-state index contributed by atoms with van der Waals surface area (Å²) >= 11 is 3.40. The number of halogens is 1. The van der Waals surface area contributed by atoms with Crippen LogP contribution in [0.1, 0.15) is 48.9 Å². The first kappa shape index (κ1) is 16.7. The molecule has 0 saturated heterocycles. The molecular weight excluding hydrogens is 330 g/mol. The Morgan fingerprint density at radius 3 is 2.67 bits per heavy atom. The van der Waals surface area contributed by atoms with E-state index in [0.29, 0.717) is 19.0 Å². The number of hydrogen-bond acceptors (Lipinski definition) is 3. The van der Waals surface area contributed by atoms with Gasteiger partial charge in [0.15, 0.2) is 5.78 Å². The molecule has 1 aromatic carbocycles. The Balaban J connectivity index is 1.90. The highest BCUT2D eigenvalue weighted by Gasteiger charge is 2.21. The third kappa shape index (κ3) is 5.20. The van der Waals surface area contributed by atoms with E-state index in [1.165, 1.54) is 32.1 Å². The van der Waals surface area contributed by atoms with Gasteiger partial charge in [-0.1, -0.05) is 47.3 Å². The van der Waals surface area contributed by atoms with Gasteiger partial charge >= 0.3 is 0 Å². The van der Waals surface area contributed by atoms with Crippen LogP contribution in [0.15, 0.2) is 28.7 Å². The highest BCUT2D eigenvalue weighted by molar-refractivity contribution is 9.10. The average Bonchev–Trinajstić information content (AvgIpc) is 2.52. The van der Waals surface area contributed by atoms with Crippen LogP contribution in [0.2, 0.25) is 0 Å². The summed E-state index contributed by atoms with van der Waals surface area (Å²) in [4.78, 5) is 14.6. The molecule has 0 aromatic heterocycles. The standard InChI is InChI=1S/C17H24BrNO2/c18-15-6-4-5-14(13-15)17(21)9-10-19(11-12-20)16-7-2-1-3-8-16/h4-6,13,16,20H,1-3,7-12H2. The first-order valence-electron chi connectivity index (χ1n) is 7.84. The van der Waals surface area contributed by atoms with Gasteiger partial charge in [-0.3, -0.25) is 9.69 Å². The summed E-state index contributed by atoms with van der Waals surface area (Å²) in [5, 5.41) is 9.25. The van der Waals surface area contributed by atoms with E-state index < -0.39 is 0 Å². The zero-order chi connectivity index (χ0) is 15.1. The van der Waals surface area contributed by atoms with Crippen LogP contribution in [0.3, 0.4) is 0 Å². The molecule has 0 spiro atoms. The number of nitrogens with zero attached hydrogens (tertiary/aromatic N) is 1. The lowest BCUT2D eigenvalue weighted by atomic mass is 9.94. The van der Waals surface area contributed by atoms with Crippen molar-refractivity contribution in [3.05, 3.63) is 34.3 Å². The third-order valence-electron chi connectivity index (χ3n) is 4.25. The zero-order valence-electron chi connectivity index (χ0n) is 12.4. The van der Waals surface area contributed by atoms with Crippen LogP contribution in [0.4, 0.5) is 0 Å². The Morgan fingerprint density at radius 2 is 2.00 bits per heavy atom. The number of aliphatic hydroxyl groups is 1. The lowest BCUT2D eigenvalue weighted by Crippen LogP contribution is -2.40. The molecule has 0 bridgehead atoms. The van der Waals surface area contributed by atoms with Gasteiger partial charge in [-0.15, -0.1) is 0 Å². The number of Topliss-reactive ketones (excluding diaryl/α,β-unsaturated/α-hetero) is 1. The number of rotatable bonds is 7. The van der Waals surface area contributed by atoms with Gasteiger partial charge in [-0.05, 0) is 25.0 Å². The molecule has 0 aliphatic heterocycles. The molecule has 0 amide bonds. The van der Waals surface area contributed by atoms with E-state index in [-0.39, 0.29) is 12.4 Å². The van der Waals surface area contributed by atoms with E-state index in [2.05, 4.69) is 20.8 Å². The van der Waals surface area contributed by atoms with E-state index in [1.807, 2.05) is 24.3 Å². The normalized spacial score (nSPS) is 16.3. The first-order chi connectivity index (χ1) is 10.2. The van der Waals surface area contributed by atoms with Crippen LogP contribution in [0, 0.1) is 0 Å². The van der Waals surface area contributed by atoms with Gasteiger partial charge in [0.1, 0.15) is 0 Å². The highest BCUT2D eigenvalue weighted by Crippen LogP contribution is 2.23. The van der Waals surface area contributed by atoms with Crippen LogP contribution in [-0.4, -0.2) is 41.5 Å². The third-order valence-corrected chi connectivity index (χ3v) is 4.74. The fourth-order valence-electron chi connectivity index (χ4n) is 3.10. The van der Waals surface area contributed by atoms with Crippen molar-refractivity contribution in [2.75, 3.05) is 19.7 Å². The van der Waals surface area contributed by atoms with Crippen LogP contribution >= 0.6 is 15.9 Å². The highest BCUT2D eigenvalue weighted by atomic mass is 79.9. The summed E-state index contributed by atoms with van der Waals surface area (Å²) in [6.45, 7) is 1.59. The second kappa shape index (κ2) is 8.66. The largest absolute Gasteiger partial charge is 0.395 e. The topological polar surface area (TPSA) is 40.5 Å². The minimum absolute atomic E-state index is 0.168. The minimum atomic E-state index is 0.168. The van der Waals surface area contributed by atoms with Gasteiger partial charge in [-0.2, -0.15) is 0 Å². The molecule has 0 radical (unpaired) electrons. The molecule has 2 rings (SSSR count). The van der Waals surface area contributed by atoms with Gasteiger partial charge in [0, 0.05) is 35.6 Å². The summed E-state index contributed by atoms with van der Waals surface area (Å²) in [7, 11) is 0. The van der Waals surface area contributed by atoms with Crippen molar-refractivity contribution in [1.29, 1.82) is 0 Å². The second-order valence-electron chi connectivity index (χ2n) is 5.73. The molecule has 1 aromatic rings. The molecule has 1 saturated carbocycles. The SMILES string of the molecule is O=C(CCN(CCO)C1CCCCC1)c1cccc(Br)c1.